The highest BCUT2D eigenvalue weighted by Gasteiger charge is 2.25. The average molecular weight is 434 g/mol. The number of halogens is 3. The third kappa shape index (κ3) is 3.91. The average Bonchev–Trinajstić information content (AvgIpc) is 2.96. The lowest BCUT2D eigenvalue weighted by molar-refractivity contribution is 0.0626. The number of amides is 1. The van der Waals surface area contributed by atoms with Crippen molar-refractivity contribution in [3.8, 4) is 5.75 Å². The van der Waals surface area contributed by atoms with Gasteiger partial charge in [0.05, 0.1) is 14.4 Å². The Balaban J connectivity index is 1.63. The first-order valence-electron chi connectivity index (χ1n) is 7.38. The molecule has 1 aliphatic heterocycles. The molecule has 0 aliphatic carbocycles. The molecule has 1 aliphatic rings. The number of benzene rings is 1. The second kappa shape index (κ2) is 7.39. The lowest BCUT2D eigenvalue weighted by atomic mass is 10.1. The van der Waals surface area contributed by atoms with Crippen LogP contribution in [0.15, 0.2) is 28.1 Å². The summed E-state index contributed by atoms with van der Waals surface area (Å²) in [5.41, 5.74) is -0.0874. The first-order chi connectivity index (χ1) is 11.4. The summed E-state index contributed by atoms with van der Waals surface area (Å²) in [7, 11) is 0. The molecule has 0 radical (unpaired) electrons. The highest BCUT2D eigenvalue weighted by atomic mass is 79.9. The molecule has 1 saturated heterocycles. The molecule has 3 rings (SSSR count). The molecule has 0 atom stereocenters. The summed E-state index contributed by atoms with van der Waals surface area (Å²) in [4.78, 5) is 17.7. The number of carbonyl (C=O) groups excluding carboxylic acids is 1. The highest BCUT2D eigenvalue weighted by molar-refractivity contribution is 9.11. The van der Waals surface area contributed by atoms with Crippen LogP contribution in [0.1, 0.15) is 15.2 Å². The Morgan fingerprint density at radius 2 is 2.00 bits per heavy atom. The molecule has 2 heterocycles. The highest BCUT2D eigenvalue weighted by Crippen LogP contribution is 2.30. The van der Waals surface area contributed by atoms with Gasteiger partial charge in [0, 0.05) is 37.6 Å². The minimum Gasteiger partial charge on any atom is -0.506 e. The third-order valence-electron chi connectivity index (χ3n) is 3.93. The Hall–Kier alpha value is -1.15. The van der Waals surface area contributed by atoms with Crippen LogP contribution < -0.4 is 0 Å². The quantitative estimate of drug-likeness (QED) is 0.797. The molecule has 4 nitrogen and oxygen atoms in total. The molecule has 0 unspecified atom stereocenters. The number of piperazine rings is 1. The number of phenols is 1. The molecular formula is C16H15BrClFN2O2S. The van der Waals surface area contributed by atoms with Crippen LogP contribution >= 0.6 is 38.9 Å². The Bertz CT molecular complexity index is 763. The first kappa shape index (κ1) is 17.7. The fraction of sp³-hybridized carbons (Fsp3) is 0.312. The van der Waals surface area contributed by atoms with Crippen LogP contribution in [0.5, 0.6) is 5.75 Å². The van der Waals surface area contributed by atoms with Crippen molar-refractivity contribution in [1.29, 1.82) is 0 Å². The summed E-state index contributed by atoms with van der Waals surface area (Å²) in [6.07, 6.45) is 0. The Labute approximate surface area is 156 Å². The fourth-order valence-electron chi connectivity index (χ4n) is 2.67. The van der Waals surface area contributed by atoms with E-state index in [9.17, 15) is 14.3 Å². The molecule has 1 fully saturated rings. The van der Waals surface area contributed by atoms with Crippen molar-refractivity contribution in [3.63, 3.8) is 0 Å². The van der Waals surface area contributed by atoms with E-state index in [1.807, 2.05) is 6.07 Å². The number of hydrogen-bond donors (Lipinski definition) is 1. The van der Waals surface area contributed by atoms with Gasteiger partial charge in [-0.2, -0.15) is 0 Å². The normalized spacial score (nSPS) is 15.7. The zero-order valence-electron chi connectivity index (χ0n) is 12.6. The predicted molar refractivity (Wildman–Crippen MR) is 96.3 cm³/mol. The lowest BCUT2D eigenvalue weighted by Gasteiger charge is -2.34. The molecule has 2 aromatic rings. The van der Waals surface area contributed by atoms with E-state index in [0.29, 0.717) is 13.1 Å². The number of aromatic hydroxyl groups is 1. The minimum atomic E-state index is -0.636. The third-order valence-corrected chi connectivity index (χ3v) is 5.82. The summed E-state index contributed by atoms with van der Waals surface area (Å²) in [6, 6.07) is 6.12. The summed E-state index contributed by atoms with van der Waals surface area (Å²) in [5.74, 6) is -1.40. The van der Waals surface area contributed by atoms with E-state index in [1.165, 1.54) is 4.88 Å². The van der Waals surface area contributed by atoms with Crippen molar-refractivity contribution in [2.75, 3.05) is 26.2 Å². The maximum atomic E-state index is 13.5. The van der Waals surface area contributed by atoms with Crippen molar-refractivity contribution in [2.45, 2.75) is 6.54 Å². The molecule has 128 valence electrons. The van der Waals surface area contributed by atoms with Gasteiger partial charge in [0.15, 0.2) is 0 Å². The van der Waals surface area contributed by atoms with E-state index in [2.05, 4.69) is 26.9 Å². The van der Waals surface area contributed by atoms with Crippen molar-refractivity contribution < 1.29 is 14.3 Å². The molecule has 0 spiro atoms. The minimum absolute atomic E-state index is 0.0874. The summed E-state index contributed by atoms with van der Waals surface area (Å²) in [5, 5.41) is 9.76. The summed E-state index contributed by atoms with van der Waals surface area (Å²) < 4.78 is 14.6. The first-order valence-corrected chi connectivity index (χ1v) is 9.36. The number of nitrogens with zero attached hydrogens (tertiary/aromatic N) is 2. The maximum absolute atomic E-state index is 13.5. The number of thiophene rings is 1. The van der Waals surface area contributed by atoms with Gasteiger partial charge in [-0.05, 0) is 40.2 Å². The van der Waals surface area contributed by atoms with Gasteiger partial charge in [-0.15, -0.1) is 11.3 Å². The van der Waals surface area contributed by atoms with E-state index >= 15 is 0 Å². The van der Waals surface area contributed by atoms with Crippen LogP contribution in [0.3, 0.4) is 0 Å². The zero-order chi connectivity index (χ0) is 17.3. The van der Waals surface area contributed by atoms with Crippen molar-refractivity contribution in [1.82, 2.24) is 9.80 Å². The van der Waals surface area contributed by atoms with Gasteiger partial charge in [0.1, 0.15) is 11.6 Å². The maximum Gasteiger partial charge on any atom is 0.257 e. The van der Waals surface area contributed by atoms with Crippen LogP contribution in [0.2, 0.25) is 5.02 Å². The van der Waals surface area contributed by atoms with Gasteiger partial charge in [0.2, 0.25) is 0 Å². The van der Waals surface area contributed by atoms with Gasteiger partial charge in [-0.25, -0.2) is 4.39 Å². The molecule has 0 saturated carbocycles. The predicted octanol–water partition coefficient (Wildman–Crippen LogP) is 3.97. The number of hydrogen-bond acceptors (Lipinski definition) is 4. The van der Waals surface area contributed by atoms with Crippen LogP contribution in [-0.4, -0.2) is 47.0 Å². The second-order valence-corrected chi connectivity index (χ2v) is 8.51. The van der Waals surface area contributed by atoms with Crippen molar-refractivity contribution >= 4 is 44.8 Å². The standard InChI is InChI=1S/C16H15BrClFN2O2S/c17-14-2-1-11(24-14)9-20-3-5-21(6-4-20)16(23)12-7-10(19)8-13(18)15(12)22/h1-2,7-8,22H,3-6,9H2. The van der Waals surface area contributed by atoms with Crippen LogP contribution in [0, 0.1) is 5.82 Å². The largest absolute Gasteiger partial charge is 0.506 e. The number of carbonyl (C=O) groups is 1. The molecular weight excluding hydrogens is 419 g/mol. The molecule has 1 aromatic carbocycles. The van der Waals surface area contributed by atoms with Crippen molar-refractivity contribution in [2.24, 2.45) is 0 Å². The molecule has 8 heteroatoms. The van der Waals surface area contributed by atoms with Crippen LogP contribution in [0.25, 0.3) is 0 Å². The summed E-state index contributed by atoms with van der Waals surface area (Å²) in [6.45, 7) is 3.35. The van der Waals surface area contributed by atoms with E-state index in [0.717, 1.165) is 35.6 Å². The van der Waals surface area contributed by atoms with E-state index < -0.39 is 11.7 Å². The second-order valence-electron chi connectivity index (χ2n) is 5.56. The molecule has 0 bridgehead atoms. The number of rotatable bonds is 3. The van der Waals surface area contributed by atoms with Gasteiger partial charge in [0.25, 0.3) is 5.91 Å². The van der Waals surface area contributed by atoms with Gasteiger partial charge in [-0.3, -0.25) is 9.69 Å². The topological polar surface area (TPSA) is 43.8 Å². The lowest BCUT2D eigenvalue weighted by Crippen LogP contribution is -2.48. The summed E-state index contributed by atoms with van der Waals surface area (Å²) >= 11 is 10.9. The van der Waals surface area contributed by atoms with Crippen LogP contribution in [-0.2, 0) is 6.54 Å². The molecule has 24 heavy (non-hydrogen) atoms. The Morgan fingerprint density at radius 1 is 1.29 bits per heavy atom. The monoisotopic (exact) mass is 432 g/mol. The molecule has 1 aromatic heterocycles. The SMILES string of the molecule is O=C(c1cc(F)cc(Cl)c1O)N1CCN(Cc2ccc(Br)s2)CC1. The fourth-order valence-corrected chi connectivity index (χ4v) is 4.40. The Kier molecular flexibility index (Phi) is 5.44. The molecule has 1 amide bonds. The number of phenolic OH excluding ortho intramolecular Hbond substituents is 1. The smallest absolute Gasteiger partial charge is 0.257 e. The van der Waals surface area contributed by atoms with Gasteiger partial charge >= 0.3 is 0 Å². The van der Waals surface area contributed by atoms with Crippen LogP contribution in [0.4, 0.5) is 4.39 Å². The van der Waals surface area contributed by atoms with Crippen molar-refractivity contribution in [3.05, 3.63) is 49.3 Å². The molecule has 1 N–H and O–H groups in total. The van der Waals surface area contributed by atoms with Gasteiger partial charge < -0.3 is 10.0 Å². The Morgan fingerprint density at radius 3 is 2.62 bits per heavy atom. The zero-order valence-corrected chi connectivity index (χ0v) is 15.8. The van der Waals surface area contributed by atoms with E-state index in [4.69, 9.17) is 11.6 Å². The van der Waals surface area contributed by atoms with E-state index in [-0.39, 0.29) is 16.3 Å². The van der Waals surface area contributed by atoms with Gasteiger partial charge in [-0.1, -0.05) is 11.6 Å². The van der Waals surface area contributed by atoms with E-state index in [1.54, 1.807) is 16.2 Å².